The van der Waals surface area contributed by atoms with Gasteiger partial charge < -0.3 is 10.1 Å². The van der Waals surface area contributed by atoms with Crippen LogP contribution < -0.4 is 5.32 Å². The molecule has 0 spiro atoms. The second kappa shape index (κ2) is 9.09. The summed E-state index contributed by atoms with van der Waals surface area (Å²) < 4.78 is 20.0. The molecule has 0 aliphatic rings. The Morgan fingerprint density at radius 2 is 1.90 bits per heavy atom. The number of nitrogens with one attached hydrogen (secondary N) is 1. The summed E-state index contributed by atoms with van der Waals surface area (Å²) in [5, 5.41) is 3.33. The Bertz CT molecular complexity index is 381. The highest BCUT2D eigenvalue weighted by atomic mass is 19.1. The molecule has 0 saturated heterocycles. The van der Waals surface area contributed by atoms with Gasteiger partial charge >= 0.3 is 0 Å². The van der Waals surface area contributed by atoms with Crippen LogP contribution in [0.4, 0.5) is 4.39 Å². The molecular weight excluding hydrogens is 253 g/mol. The number of benzene rings is 1. The van der Waals surface area contributed by atoms with Crippen molar-refractivity contribution in [1.82, 2.24) is 5.32 Å². The molecule has 1 aromatic carbocycles. The van der Waals surface area contributed by atoms with Crippen LogP contribution in [0.25, 0.3) is 0 Å². The molecule has 1 aromatic rings. The molecule has 3 heteroatoms. The summed E-state index contributed by atoms with van der Waals surface area (Å²) in [5.41, 5.74) is 0.645. The van der Waals surface area contributed by atoms with E-state index in [0.29, 0.717) is 18.0 Å². The largest absolute Gasteiger partial charge is 0.369 e. The predicted octanol–water partition coefficient (Wildman–Crippen LogP) is 4.32. The van der Waals surface area contributed by atoms with Gasteiger partial charge in [0.1, 0.15) is 5.82 Å². The second-order valence-corrected chi connectivity index (χ2v) is 5.79. The lowest BCUT2D eigenvalue weighted by atomic mass is 10.1. The normalized spacial score (nSPS) is 14.5. The molecule has 1 N–H and O–H groups in total. The van der Waals surface area contributed by atoms with Gasteiger partial charge in [0, 0.05) is 12.1 Å². The number of halogens is 1. The monoisotopic (exact) mass is 281 g/mol. The van der Waals surface area contributed by atoms with Gasteiger partial charge in [0.25, 0.3) is 0 Å². The smallest absolute Gasteiger partial charge is 0.129 e. The summed E-state index contributed by atoms with van der Waals surface area (Å²) in [6.45, 7) is 10.1. The second-order valence-electron chi connectivity index (χ2n) is 5.79. The van der Waals surface area contributed by atoms with Crippen molar-refractivity contribution in [3.63, 3.8) is 0 Å². The Morgan fingerprint density at radius 3 is 2.50 bits per heavy atom. The molecule has 0 saturated carbocycles. The van der Waals surface area contributed by atoms with Gasteiger partial charge in [-0.15, -0.1) is 0 Å². The number of rotatable bonds is 9. The summed E-state index contributed by atoms with van der Waals surface area (Å²) >= 11 is 0. The lowest BCUT2D eigenvalue weighted by Gasteiger charge is -2.24. The van der Waals surface area contributed by atoms with Gasteiger partial charge in [-0.2, -0.15) is 0 Å². The Hall–Kier alpha value is -0.930. The van der Waals surface area contributed by atoms with E-state index in [2.05, 4.69) is 33.0 Å². The van der Waals surface area contributed by atoms with Crippen LogP contribution in [0.15, 0.2) is 24.3 Å². The van der Waals surface area contributed by atoms with Crippen molar-refractivity contribution >= 4 is 0 Å². The molecule has 20 heavy (non-hydrogen) atoms. The van der Waals surface area contributed by atoms with Gasteiger partial charge in [-0.1, -0.05) is 39.0 Å². The van der Waals surface area contributed by atoms with Gasteiger partial charge in [-0.3, -0.25) is 0 Å². The molecule has 0 fully saturated rings. The van der Waals surface area contributed by atoms with Gasteiger partial charge in [0.15, 0.2) is 0 Å². The third-order valence-electron chi connectivity index (χ3n) is 3.21. The number of hydrogen-bond donors (Lipinski definition) is 1. The summed E-state index contributed by atoms with van der Waals surface area (Å²) in [4.78, 5) is 0. The van der Waals surface area contributed by atoms with Crippen molar-refractivity contribution in [1.29, 1.82) is 0 Å². The molecule has 2 unspecified atom stereocenters. The Kier molecular flexibility index (Phi) is 7.78. The van der Waals surface area contributed by atoms with E-state index in [9.17, 15) is 4.39 Å². The van der Waals surface area contributed by atoms with E-state index in [-0.39, 0.29) is 18.0 Å². The van der Waals surface area contributed by atoms with Crippen LogP contribution in [-0.2, 0) is 4.74 Å². The quantitative estimate of drug-likeness (QED) is 0.681. The standard InChI is InChI=1S/C17H28FNO/c1-5-10-19-12-17(20-14(4)11-13(2)3)15-8-6-7-9-16(15)18/h6-9,13-14,17,19H,5,10-12H2,1-4H3. The zero-order valence-corrected chi connectivity index (χ0v) is 13.2. The predicted molar refractivity (Wildman–Crippen MR) is 82.3 cm³/mol. The molecule has 0 radical (unpaired) electrons. The van der Waals surface area contributed by atoms with E-state index in [4.69, 9.17) is 4.74 Å². The maximum Gasteiger partial charge on any atom is 0.129 e. The van der Waals surface area contributed by atoms with E-state index in [0.717, 1.165) is 19.4 Å². The van der Waals surface area contributed by atoms with Crippen LogP contribution in [0.5, 0.6) is 0 Å². The van der Waals surface area contributed by atoms with Gasteiger partial charge in [-0.25, -0.2) is 4.39 Å². The third-order valence-corrected chi connectivity index (χ3v) is 3.21. The van der Waals surface area contributed by atoms with Crippen LogP contribution in [0.2, 0.25) is 0 Å². The minimum atomic E-state index is -0.225. The van der Waals surface area contributed by atoms with E-state index in [1.54, 1.807) is 6.07 Å². The number of hydrogen-bond acceptors (Lipinski definition) is 2. The van der Waals surface area contributed by atoms with Crippen molar-refractivity contribution in [3.8, 4) is 0 Å². The average molecular weight is 281 g/mol. The Morgan fingerprint density at radius 1 is 1.20 bits per heavy atom. The Balaban J connectivity index is 2.72. The number of ether oxygens (including phenoxy) is 1. The lowest BCUT2D eigenvalue weighted by molar-refractivity contribution is -0.0141. The molecule has 1 rings (SSSR count). The zero-order valence-electron chi connectivity index (χ0n) is 13.2. The topological polar surface area (TPSA) is 21.3 Å². The Labute approximate surface area is 122 Å². The molecule has 2 atom stereocenters. The summed E-state index contributed by atoms with van der Waals surface area (Å²) in [6, 6.07) is 6.89. The highest BCUT2D eigenvalue weighted by Gasteiger charge is 2.19. The maximum absolute atomic E-state index is 14.0. The minimum Gasteiger partial charge on any atom is -0.369 e. The van der Waals surface area contributed by atoms with E-state index in [1.807, 2.05) is 12.1 Å². The molecular formula is C17H28FNO. The molecule has 0 aromatic heterocycles. The SMILES string of the molecule is CCCNCC(OC(C)CC(C)C)c1ccccc1F. The van der Waals surface area contributed by atoms with E-state index >= 15 is 0 Å². The summed E-state index contributed by atoms with van der Waals surface area (Å²) in [7, 11) is 0. The van der Waals surface area contributed by atoms with Gasteiger partial charge in [0.2, 0.25) is 0 Å². The fraction of sp³-hybridized carbons (Fsp3) is 0.647. The third kappa shape index (κ3) is 6.02. The van der Waals surface area contributed by atoms with Crippen molar-refractivity contribution in [2.45, 2.75) is 52.7 Å². The van der Waals surface area contributed by atoms with Crippen molar-refractivity contribution in [2.24, 2.45) is 5.92 Å². The molecule has 0 amide bonds. The fourth-order valence-electron chi connectivity index (χ4n) is 2.38. The highest BCUT2D eigenvalue weighted by Crippen LogP contribution is 2.23. The lowest BCUT2D eigenvalue weighted by Crippen LogP contribution is -2.27. The molecule has 0 aliphatic carbocycles. The van der Waals surface area contributed by atoms with Crippen molar-refractivity contribution in [3.05, 3.63) is 35.6 Å². The van der Waals surface area contributed by atoms with E-state index < -0.39 is 0 Å². The van der Waals surface area contributed by atoms with Crippen LogP contribution in [0.3, 0.4) is 0 Å². The van der Waals surface area contributed by atoms with Crippen LogP contribution in [0, 0.1) is 11.7 Å². The molecule has 114 valence electrons. The van der Waals surface area contributed by atoms with Crippen LogP contribution >= 0.6 is 0 Å². The molecule has 0 bridgehead atoms. The first-order chi connectivity index (χ1) is 9.54. The summed E-state index contributed by atoms with van der Waals surface area (Å²) in [5.74, 6) is 0.391. The van der Waals surface area contributed by atoms with Crippen LogP contribution in [-0.4, -0.2) is 19.2 Å². The minimum absolute atomic E-state index is 0.128. The first-order valence-electron chi connectivity index (χ1n) is 7.65. The van der Waals surface area contributed by atoms with Gasteiger partial charge in [0.05, 0.1) is 12.2 Å². The van der Waals surface area contributed by atoms with Crippen LogP contribution in [0.1, 0.15) is 52.2 Å². The molecule has 0 heterocycles. The first-order valence-corrected chi connectivity index (χ1v) is 7.65. The molecule has 0 aliphatic heterocycles. The van der Waals surface area contributed by atoms with E-state index in [1.165, 1.54) is 6.07 Å². The van der Waals surface area contributed by atoms with Gasteiger partial charge in [-0.05, 0) is 38.3 Å². The average Bonchev–Trinajstić information content (AvgIpc) is 2.37. The summed E-state index contributed by atoms with van der Waals surface area (Å²) in [6.07, 6.45) is 1.95. The fourth-order valence-corrected chi connectivity index (χ4v) is 2.38. The van der Waals surface area contributed by atoms with Crippen molar-refractivity contribution < 1.29 is 9.13 Å². The molecule has 2 nitrogen and oxygen atoms in total. The highest BCUT2D eigenvalue weighted by molar-refractivity contribution is 5.20. The zero-order chi connectivity index (χ0) is 15.0. The first kappa shape index (κ1) is 17.1. The maximum atomic E-state index is 14.0. The van der Waals surface area contributed by atoms with Crippen molar-refractivity contribution in [2.75, 3.05) is 13.1 Å².